The van der Waals surface area contributed by atoms with Crippen molar-refractivity contribution in [2.75, 3.05) is 26.8 Å². The maximum atomic E-state index is 13.8. The number of ether oxygens (including phenoxy) is 2. The minimum absolute atomic E-state index is 0.197. The van der Waals surface area contributed by atoms with Gasteiger partial charge < -0.3 is 14.4 Å². The number of hydrogen-bond donors (Lipinski definition) is 0. The Bertz CT molecular complexity index is 1320. The van der Waals surface area contributed by atoms with Gasteiger partial charge in [-0.2, -0.15) is 4.31 Å². The van der Waals surface area contributed by atoms with Gasteiger partial charge in [-0.25, -0.2) is 8.42 Å². The third kappa shape index (κ3) is 6.00. The first-order chi connectivity index (χ1) is 17.7. The van der Waals surface area contributed by atoms with E-state index >= 15 is 0 Å². The molecule has 0 saturated carbocycles. The highest BCUT2D eigenvalue weighted by Crippen LogP contribution is 2.34. The highest BCUT2D eigenvalue weighted by molar-refractivity contribution is 7.89. The Labute approximate surface area is 223 Å². The average Bonchev–Trinajstić information content (AvgIpc) is 3.39. The van der Waals surface area contributed by atoms with Gasteiger partial charge in [0, 0.05) is 23.5 Å². The van der Waals surface area contributed by atoms with Crippen molar-refractivity contribution in [3.8, 4) is 11.5 Å². The summed E-state index contributed by atoms with van der Waals surface area (Å²) in [6.45, 7) is 6.23. The Balaban J connectivity index is 1.58. The standard InChI is InChI=1S/C28H34N2O5S2/c1-5-21(3)30(37(32,33)24-11-9-20(2)10-12-24)18-28(31)29-15-13-27-25(14-16-36-27)26(29)19-35-23-8-6-7-22(17-23)34-4/h6-12,14,16-17,21,26H,5,13,15,18-19H2,1-4H3/t21-,26-/m1/s1. The number of thiophene rings is 1. The van der Waals surface area contributed by atoms with Crippen molar-refractivity contribution in [1.29, 1.82) is 0 Å². The van der Waals surface area contributed by atoms with E-state index < -0.39 is 10.0 Å². The van der Waals surface area contributed by atoms with E-state index in [-0.39, 0.29) is 36.0 Å². The van der Waals surface area contributed by atoms with Crippen molar-refractivity contribution in [1.82, 2.24) is 9.21 Å². The van der Waals surface area contributed by atoms with Crippen LogP contribution in [0.1, 0.15) is 42.3 Å². The average molecular weight is 543 g/mol. The zero-order valence-corrected chi connectivity index (χ0v) is 23.3. The summed E-state index contributed by atoms with van der Waals surface area (Å²) in [6.07, 6.45) is 1.33. The van der Waals surface area contributed by atoms with Crippen LogP contribution in [-0.4, -0.2) is 56.4 Å². The molecule has 0 spiro atoms. The van der Waals surface area contributed by atoms with Crippen LogP contribution in [0, 0.1) is 6.92 Å². The van der Waals surface area contributed by atoms with E-state index in [4.69, 9.17) is 9.47 Å². The maximum Gasteiger partial charge on any atom is 0.243 e. The van der Waals surface area contributed by atoms with E-state index in [1.165, 1.54) is 9.18 Å². The molecular formula is C28H34N2O5S2. The number of benzene rings is 2. The number of rotatable bonds is 10. The van der Waals surface area contributed by atoms with Crippen LogP contribution >= 0.6 is 11.3 Å². The fourth-order valence-corrected chi connectivity index (χ4v) is 7.07. The molecule has 0 unspecified atom stereocenters. The van der Waals surface area contributed by atoms with Crippen LogP contribution in [0.5, 0.6) is 11.5 Å². The summed E-state index contributed by atoms with van der Waals surface area (Å²) in [5.41, 5.74) is 2.04. The minimum Gasteiger partial charge on any atom is -0.497 e. The first kappa shape index (κ1) is 27.2. The number of carbonyl (C=O) groups is 1. The molecular weight excluding hydrogens is 508 g/mol. The maximum absolute atomic E-state index is 13.8. The number of hydrogen-bond acceptors (Lipinski definition) is 6. The van der Waals surface area contributed by atoms with Gasteiger partial charge in [0.1, 0.15) is 18.1 Å². The summed E-state index contributed by atoms with van der Waals surface area (Å²) in [5, 5.41) is 2.03. The molecule has 2 aromatic carbocycles. The number of carbonyl (C=O) groups excluding carboxylic acids is 1. The molecule has 1 aromatic heterocycles. The summed E-state index contributed by atoms with van der Waals surface area (Å²) < 4.78 is 39.9. The number of amides is 1. The van der Waals surface area contributed by atoms with Gasteiger partial charge in [0.25, 0.3) is 0 Å². The molecule has 0 bridgehead atoms. The van der Waals surface area contributed by atoms with Gasteiger partial charge >= 0.3 is 0 Å². The Kier molecular flexibility index (Phi) is 8.56. The number of fused-ring (bicyclic) bond motifs is 1. The van der Waals surface area contributed by atoms with Gasteiger partial charge in [0.15, 0.2) is 0 Å². The quantitative estimate of drug-likeness (QED) is 0.358. The Morgan fingerprint density at radius 1 is 1.16 bits per heavy atom. The van der Waals surface area contributed by atoms with Crippen LogP contribution in [0.3, 0.4) is 0 Å². The zero-order valence-electron chi connectivity index (χ0n) is 21.7. The normalized spacial score (nSPS) is 16.4. The predicted molar refractivity (Wildman–Crippen MR) is 146 cm³/mol. The molecule has 7 nitrogen and oxygen atoms in total. The van der Waals surface area contributed by atoms with Crippen LogP contribution < -0.4 is 9.47 Å². The number of nitrogens with zero attached hydrogens (tertiary/aromatic N) is 2. The first-order valence-electron chi connectivity index (χ1n) is 12.5. The van der Waals surface area contributed by atoms with Crippen LogP contribution in [0.15, 0.2) is 64.9 Å². The second-order valence-electron chi connectivity index (χ2n) is 9.26. The second-order valence-corrected chi connectivity index (χ2v) is 12.2. The van der Waals surface area contributed by atoms with E-state index in [1.54, 1.807) is 47.6 Å². The summed E-state index contributed by atoms with van der Waals surface area (Å²) in [7, 11) is -2.25. The zero-order chi connectivity index (χ0) is 26.6. The molecule has 0 aliphatic carbocycles. The Morgan fingerprint density at radius 2 is 1.89 bits per heavy atom. The molecule has 4 rings (SSSR count). The van der Waals surface area contributed by atoms with E-state index in [0.717, 1.165) is 17.5 Å². The lowest BCUT2D eigenvalue weighted by molar-refractivity contribution is -0.135. The van der Waals surface area contributed by atoms with E-state index in [9.17, 15) is 13.2 Å². The summed E-state index contributed by atoms with van der Waals surface area (Å²) in [5.74, 6) is 1.11. The first-order valence-corrected chi connectivity index (χ1v) is 14.8. The Morgan fingerprint density at radius 3 is 2.59 bits per heavy atom. The molecule has 2 heterocycles. The molecule has 0 N–H and O–H groups in total. The highest BCUT2D eigenvalue weighted by atomic mass is 32.2. The molecule has 198 valence electrons. The van der Waals surface area contributed by atoms with E-state index in [1.807, 2.05) is 56.5 Å². The lowest BCUT2D eigenvalue weighted by atomic mass is 10.0. The van der Waals surface area contributed by atoms with E-state index in [2.05, 4.69) is 0 Å². The molecule has 37 heavy (non-hydrogen) atoms. The SMILES string of the molecule is CC[C@@H](C)N(CC(=O)N1CCc2sccc2[C@H]1COc1cccc(OC)c1)S(=O)(=O)c1ccc(C)cc1. The van der Waals surface area contributed by atoms with E-state index in [0.29, 0.717) is 24.5 Å². The van der Waals surface area contributed by atoms with Crippen molar-refractivity contribution in [3.05, 3.63) is 76.0 Å². The summed E-state index contributed by atoms with van der Waals surface area (Å²) >= 11 is 1.68. The lowest BCUT2D eigenvalue weighted by Crippen LogP contribution is -2.49. The fourth-order valence-electron chi connectivity index (χ4n) is 4.49. The molecule has 1 aliphatic rings. The molecule has 0 saturated heterocycles. The summed E-state index contributed by atoms with van der Waals surface area (Å²) in [4.78, 5) is 17.0. The molecule has 3 aromatic rings. The number of methoxy groups -OCH3 is 1. The molecule has 0 fully saturated rings. The van der Waals surface area contributed by atoms with Crippen molar-refractivity contribution >= 4 is 27.3 Å². The van der Waals surface area contributed by atoms with Crippen molar-refractivity contribution < 1.29 is 22.7 Å². The molecule has 9 heteroatoms. The Hall–Kier alpha value is -2.88. The molecule has 1 aliphatic heterocycles. The second kappa shape index (κ2) is 11.7. The smallest absolute Gasteiger partial charge is 0.243 e. The summed E-state index contributed by atoms with van der Waals surface area (Å²) in [6, 6.07) is 15.5. The fraction of sp³-hybridized carbons (Fsp3) is 0.393. The van der Waals surface area contributed by atoms with Crippen LogP contribution in [0.25, 0.3) is 0 Å². The number of sulfonamides is 1. The number of aryl methyl sites for hydroxylation is 1. The van der Waals surface area contributed by atoms with Crippen molar-refractivity contribution in [3.63, 3.8) is 0 Å². The van der Waals surface area contributed by atoms with Gasteiger partial charge in [-0.1, -0.05) is 30.7 Å². The predicted octanol–water partition coefficient (Wildman–Crippen LogP) is 5.06. The van der Waals surface area contributed by atoms with Gasteiger partial charge in [0.05, 0.1) is 24.6 Å². The highest BCUT2D eigenvalue weighted by Gasteiger charge is 2.36. The third-order valence-electron chi connectivity index (χ3n) is 6.87. The van der Waals surface area contributed by atoms with Gasteiger partial charge in [-0.15, -0.1) is 11.3 Å². The molecule has 1 amide bonds. The molecule has 0 radical (unpaired) electrons. The van der Waals surface area contributed by atoms with Gasteiger partial charge in [0.2, 0.25) is 15.9 Å². The van der Waals surface area contributed by atoms with Crippen molar-refractivity contribution in [2.24, 2.45) is 0 Å². The largest absolute Gasteiger partial charge is 0.497 e. The monoisotopic (exact) mass is 542 g/mol. The van der Waals surface area contributed by atoms with Crippen LogP contribution in [0.4, 0.5) is 0 Å². The van der Waals surface area contributed by atoms with Crippen molar-refractivity contribution in [2.45, 2.75) is 50.6 Å². The van der Waals surface area contributed by atoms with Crippen LogP contribution in [-0.2, 0) is 21.2 Å². The van der Waals surface area contributed by atoms with Gasteiger partial charge in [-0.3, -0.25) is 4.79 Å². The minimum atomic E-state index is -3.85. The topological polar surface area (TPSA) is 76.2 Å². The lowest BCUT2D eigenvalue weighted by Gasteiger charge is -2.37. The third-order valence-corrected chi connectivity index (χ3v) is 9.84. The van der Waals surface area contributed by atoms with Crippen LogP contribution in [0.2, 0.25) is 0 Å². The van der Waals surface area contributed by atoms with Gasteiger partial charge in [-0.05, 0) is 68.0 Å². The molecule has 2 atom stereocenters.